The molecule has 0 aliphatic carbocycles. The van der Waals surface area contributed by atoms with E-state index >= 15 is 0 Å². The quantitative estimate of drug-likeness (QED) is 0.324. The number of aryl methyl sites for hydroxylation is 1. The fraction of sp³-hybridized carbons (Fsp3) is 0.321. The molecule has 36 heavy (non-hydrogen) atoms. The molecule has 0 spiro atoms. The van der Waals surface area contributed by atoms with Gasteiger partial charge in [0.2, 0.25) is 5.95 Å². The molecule has 186 valence electrons. The van der Waals surface area contributed by atoms with Crippen molar-refractivity contribution in [3.05, 3.63) is 84.1 Å². The number of fused-ring (bicyclic) bond motifs is 1. The molecule has 0 bridgehead atoms. The Morgan fingerprint density at radius 3 is 2.67 bits per heavy atom. The number of halogens is 1. The molecule has 7 nitrogen and oxygen atoms in total. The summed E-state index contributed by atoms with van der Waals surface area (Å²) in [5, 5.41) is 3.22. The van der Waals surface area contributed by atoms with Crippen LogP contribution in [0.5, 0.6) is 0 Å². The second kappa shape index (κ2) is 11.0. The SMILES string of the molecule is COCCNc1nccc(-c2c(-c3ccc(F)cc3)nc3n2[C@H](CN(C)Cc2ccccc2)CC3)n1. The van der Waals surface area contributed by atoms with Crippen LogP contribution in [0.4, 0.5) is 10.3 Å². The molecule has 0 fully saturated rings. The van der Waals surface area contributed by atoms with Crippen LogP contribution in [0, 0.1) is 5.82 Å². The van der Waals surface area contributed by atoms with Crippen LogP contribution in [-0.2, 0) is 17.7 Å². The summed E-state index contributed by atoms with van der Waals surface area (Å²) in [4.78, 5) is 16.6. The van der Waals surface area contributed by atoms with Crippen molar-refractivity contribution in [2.24, 2.45) is 0 Å². The molecule has 8 heteroatoms. The number of methoxy groups -OCH3 is 1. The fourth-order valence-corrected chi connectivity index (χ4v) is 4.86. The highest BCUT2D eigenvalue weighted by atomic mass is 19.1. The fourth-order valence-electron chi connectivity index (χ4n) is 4.86. The lowest BCUT2D eigenvalue weighted by molar-refractivity contribution is 0.210. The molecule has 1 atom stereocenters. The van der Waals surface area contributed by atoms with Crippen LogP contribution < -0.4 is 5.32 Å². The number of imidazole rings is 1. The molecule has 5 rings (SSSR count). The molecule has 2 aromatic heterocycles. The Kier molecular flexibility index (Phi) is 7.34. The molecule has 0 amide bonds. The van der Waals surface area contributed by atoms with Crippen molar-refractivity contribution in [3.63, 3.8) is 0 Å². The maximum absolute atomic E-state index is 13.7. The third-order valence-electron chi connectivity index (χ3n) is 6.47. The number of hydrogen-bond donors (Lipinski definition) is 1. The second-order valence-corrected chi connectivity index (χ2v) is 9.16. The van der Waals surface area contributed by atoms with E-state index in [4.69, 9.17) is 14.7 Å². The van der Waals surface area contributed by atoms with Crippen LogP contribution in [-0.4, -0.2) is 58.3 Å². The monoisotopic (exact) mass is 486 g/mol. The summed E-state index contributed by atoms with van der Waals surface area (Å²) >= 11 is 0. The van der Waals surface area contributed by atoms with Gasteiger partial charge in [-0.2, -0.15) is 0 Å². The zero-order chi connectivity index (χ0) is 24.9. The zero-order valence-corrected chi connectivity index (χ0v) is 20.7. The Morgan fingerprint density at radius 1 is 1.08 bits per heavy atom. The van der Waals surface area contributed by atoms with E-state index in [0.29, 0.717) is 19.1 Å². The molecule has 2 aromatic carbocycles. The number of anilines is 1. The lowest BCUT2D eigenvalue weighted by Gasteiger charge is -2.24. The van der Waals surface area contributed by atoms with E-state index in [-0.39, 0.29) is 11.9 Å². The van der Waals surface area contributed by atoms with Crippen molar-refractivity contribution in [1.29, 1.82) is 0 Å². The summed E-state index contributed by atoms with van der Waals surface area (Å²) in [7, 11) is 3.82. The highest BCUT2D eigenvalue weighted by Crippen LogP contribution is 2.39. The minimum Gasteiger partial charge on any atom is -0.383 e. The van der Waals surface area contributed by atoms with Gasteiger partial charge in [0.15, 0.2) is 0 Å². The predicted octanol–water partition coefficient (Wildman–Crippen LogP) is 4.82. The molecule has 3 heterocycles. The van der Waals surface area contributed by atoms with Gasteiger partial charge in [-0.05, 0) is 49.4 Å². The van der Waals surface area contributed by atoms with Gasteiger partial charge >= 0.3 is 0 Å². The third-order valence-corrected chi connectivity index (χ3v) is 6.47. The Hall–Kier alpha value is -3.62. The lowest BCUT2D eigenvalue weighted by Crippen LogP contribution is -2.26. The van der Waals surface area contributed by atoms with Gasteiger partial charge in [-0.1, -0.05) is 30.3 Å². The van der Waals surface area contributed by atoms with Crippen molar-refractivity contribution in [1.82, 2.24) is 24.4 Å². The van der Waals surface area contributed by atoms with Crippen molar-refractivity contribution in [3.8, 4) is 22.6 Å². The van der Waals surface area contributed by atoms with Crippen LogP contribution in [0.15, 0.2) is 66.9 Å². The number of ether oxygens (including phenoxy) is 1. The second-order valence-electron chi connectivity index (χ2n) is 9.16. The number of rotatable bonds is 10. The molecule has 0 radical (unpaired) electrons. The molecule has 1 N–H and O–H groups in total. The van der Waals surface area contributed by atoms with Gasteiger partial charge in [0.05, 0.1) is 23.7 Å². The highest BCUT2D eigenvalue weighted by molar-refractivity contribution is 5.78. The molecule has 1 aliphatic heterocycles. The van der Waals surface area contributed by atoms with Crippen molar-refractivity contribution in [2.75, 3.05) is 39.2 Å². The lowest BCUT2D eigenvalue weighted by atomic mass is 10.1. The molecule has 0 saturated heterocycles. The standard InChI is InChI=1S/C28H31FN6O/c1-34(18-20-6-4-3-5-7-20)19-23-12-13-25-33-26(21-8-10-22(29)11-9-21)27(35(23)25)24-14-15-30-28(32-24)31-16-17-36-2/h3-11,14-15,23H,12-13,16-19H2,1-2H3,(H,30,31,32)/t23-/m0/s1. The summed E-state index contributed by atoms with van der Waals surface area (Å²) in [5.41, 5.74) is 4.72. The van der Waals surface area contributed by atoms with Crippen molar-refractivity contribution < 1.29 is 9.13 Å². The van der Waals surface area contributed by atoms with E-state index in [9.17, 15) is 4.39 Å². The molecule has 1 aliphatic rings. The Bertz CT molecular complexity index is 1290. The first-order valence-corrected chi connectivity index (χ1v) is 12.3. The van der Waals surface area contributed by atoms with Gasteiger partial charge in [-0.25, -0.2) is 19.3 Å². The Balaban J connectivity index is 1.50. The number of benzene rings is 2. The first-order valence-electron chi connectivity index (χ1n) is 12.3. The summed E-state index contributed by atoms with van der Waals surface area (Å²) in [5.74, 6) is 1.31. The Morgan fingerprint density at radius 2 is 1.89 bits per heavy atom. The summed E-state index contributed by atoms with van der Waals surface area (Å²) < 4.78 is 21.2. The van der Waals surface area contributed by atoms with Gasteiger partial charge < -0.3 is 19.5 Å². The van der Waals surface area contributed by atoms with E-state index in [0.717, 1.165) is 54.4 Å². The summed E-state index contributed by atoms with van der Waals surface area (Å²) in [6.45, 7) is 2.94. The van der Waals surface area contributed by atoms with Gasteiger partial charge in [0, 0.05) is 51.0 Å². The number of nitrogens with zero attached hydrogens (tertiary/aromatic N) is 5. The van der Waals surface area contributed by atoms with Crippen molar-refractivity contribution in [2.45, 2.75) is 25.4 Å². The smallest absolute Gasteiger partial charge is 0.223 e. The average molecular weight is 487 g/mol. The maximum atomic E-state index is 13.7. The van der Waals surface area contributed by atoms with Crippen LogP contribution in [0.2, 0.25) is 0 Å². The van der Waals surface area contributed by atoms with E-state index in [1.807, 2.05) is 12.1 Å². The average Bonchev–Trinajstić information content (AvgIpc) is 3.45. The zero-order valence-electron chi connectivity index (χ0n) is 20.7. The van der Waals surface area contributed by atoms with Gasteiger partial charge in [0.1, 0.15) is 11.6 Å². The number of aromatic nitrogens is 4. The third kappa shape index (κ3) is 5.29. The van der Waals surface area contributed by atoms with E-state index < -0.39 is 0 Å². The first-order chi connectivity index (χ1) is 17.6. The summed E-state index contributed by atoms with van der Waals surface area (Å²) in [6, 6.07) is 19.2. The van der Waals surface area contributed by atoms with Crippen LogP contribution in [0.3, 0.4) is 0 Å². The topological polar surface area (TPSA) is 68.1 Å². The van der Waals surface area contributed by atoms with E-state index in [1.54, 1.807) is 25.4 Å². The van der Waals surface area contributed by atoms with E-state index in [2.05, 4.69) is 51.1 Å². The number of hydrogen-bond acceptors (Lipinski definition) is 6. The van der Waals surface area contributed by atoms with Crippen LogP contribution in [0.25, 0.3) is 22.6 Å². The molecule has 4 aromatic rings. The highest BCUT2D eigenvalue weighted by Gasteiger charge is 2.31. The molecular weight excluding hydrogens is 455 g/mol. The normalized spacial score (nSPS) is 14.8. The first kappa shape index (κ1) is 24.1. The Labute approximate surface area is 211 Å². The molecular formula is C28H31FN6O. The van der Waals surface area contributed by atoms with Gasteiger partial charge in [-0.15, -0.1) is 0 Å². The van der Waals surface area contributed by atoms with Crippen molar-refractivity contribution >= 4 is 5.95 Å². The minimum atomic E-state index is -0.265. The van der Waals surface area contributed by atoms with Crippen LogP contribution >= 0.6 is 0 Å². The molecule has 0 saturated carbocycles. The number of likely N-dealkylation sites (N-methyl/N-ethyl adjacent to an activating group) is 1. The van der Waals surface area contributed by atoms with E-state index in [1.165, 1.54) is 17.7 Å². The van der Waals surface area contributed by atoms with Gasteiger partial charge in [0.25, 0.3) is 0 Å². The number of nitrogens with one attached hydrogen (secondary N) is 1. The summed E-state index contributed by atoms with van der Waals surface area (Å²) in [6.07, 6.45) is 3.67. The maximum Gasteiger partial charge on any atom is 0.223 e. The van der Waals surface area contributed by atoms with Crippen LogP contribution in [0.1, 0.15) is 23.9 Å². The predicted molar refractivity (Wildman–Crippen MR) is 139 cm³/mol. The molecule has 0 unspecified atom stereocenters. The largest absolute Gasteiger partial charge is 0.383 e. The van der Waals surface area contributed by atoms with Gasteiger partial charge in [-0.3, -0.25) is 0 Å². The minimum absolute atomic E-state index is 0.255.